The van der Waals surface area contributed by atoms with Gasteiger partial charge in [-0.15, -0.1) is 0 Å². The summed E-state index contributed by atoms with van der Waals surface area (Å²) in [6.07, 6.45) is 0. The van der Waals surface area contributed by atoms with Gasteiger partial charge in [-0.05, 0) is 6.92 Å². The van der Waals surface area contributed by atoms with Gasteiger partial charge in [0.05, 0.1) is 17.7 Å². The van der Waals surface area contributed by atoms with E-state index in [-0.39, 0.29) is 17.4 Å². The predicted molar refractivity (Wildman–Crippen MR) is 52.0 cm³/mol. The van der Waals surface area contributed by atoms with Crippen LogP contribution in [0.15, 0.2) is 0 Å². The van der Waals surface area contributed by atoms with Crippen LogP contribution < -0.4 is 5.32 Å². The van der Waals surface area contributed by atoms with Gasteiger partial charge in [-0.3, -0.25) is 0 Å². The molecule has 0 aliphatic rings. The second-order valence-corrected chi connectivity index (χ2v) is 5.44. The average molecular weight is 204 g/mol. The van der Waals surface area contributed by atoms with Crippen molar-refractivity contribution >= 4 is 9.84 Å². The van der Waals surface area contributed by atoms with Crippen molar-refractivity contribution in [2.45, 2.75) is 13.8 Å². The van der Waals surface area contributed by atoms with Crippen molar-refractivity contribution in [2.75, 3.05) is 24.6 Å². The molecule has 76 valence electrons. The highest BCUT2D eigenvalue weighted by Crippen LogP contribution is 1.89. The van der Waals surface area contributed by atoms with Gasteiger partial charge in [0.2, 0.25) is 0 Å². The fourth-order valence-corrected chi connectivity index (χ4v) is 1.48. The Kier molecular flexibility index (Phi) is 5.67. The molecular weight excluding hydrogens is 188 g/mol. The number of hydrogen-bond donors (Lipinski definition) is 1. The van der Waals surface area contributed by atoms with E-state index in [4.69, 9.17) is 5.26 Å². The Bertz CT molecular complexity index is 266. The molecule has 0 bridgehead atoms. The first-order valence-corrected chi connectivity index (χ1v) is 6.14. The zero-order valence-electron chi connectivity index (χ0n) is 8.08. The monoisotopic (exact) mass is 204 g/mol. The molecule has 0 amide bonds. The van der Waals surface area contributed by atoms with Gasteiger partial charge in [0.15, 0.2) is 9.84 Å². The second kappa shape index (κ2) is 5.95. The third-order valence-corrected chi connectivity index (χ3v) is 3.41. The summed E-state index contributed by atoms with van der Waals surface area (Å²) in [5.74, 6) is 0.272. The van der Waals surface area contributed by atoms with Crippen LogP contribution in [0, 0.1) is 17.2 Å². The van der Waals surface area contributed by atoms with Gasteiger partial charge in [-0.2, -0.15) is 5.26 Å². The zero-order chi connectivity index (χ0) is 10.3. The van der Waals surface area contributed by atoms with Crippen LogP contribution in [0.3, 0.4) is 0 Å². The van der Waals surface area contributed by atoms with Crippen LogP contribution in [-0.2, 0) is 9.84 Å². The van der Waals surface area contributed by atoms with Gasteiger partial charge in [0.25, 0.3) is 0 Å². The molecule has 13 heavy (non-hydrogen) atoms. The summed E-state index contributed by atoms with van der Waals surface area (Å²) in [4.78, 5) is 0. The summed E-state index contributed by atoms with van der Waals surface area (Å²) in [6.45, 7) is 4.41. The first-order valence-electron chi connectivity index (χ1n) is 4.32. The molecule has 0 saturated carbocycles. The van der Waals surface area contributed by atoms with Gasteiger partial charge in [0, 0.05) is 18.8 Å². The quantitative estimate of drug-likeness (QED) is 0.626. The standard InChI is InChI=1S/C8H16N2O2S/c1-3-13(11,12)5-4-10-7-8(2)6-9/h8,10H,3-5,7H2,1-2H3. The minimum atomic E-state index is -2.87. The Hall–Kier alpha value is -0.600. The Morgan fingerprint density at radius 1 is 1.54 bits per heavy atom. The topological polar surface area (TPSA) is 70.0 Å². The number of nitriles is 1. The van der Waals surface area contributed by atoms with Crippen molar-refractivity contribution in [1.29, 1.82) is 5.26 Å². The third-order valence-electron chi connectivity index (χ3n) is 1.70. The SMILES string of the molecule is CCS(=O)(=O)CCNCC(C)C#N. The zero-order valence-corrected chi connectivity index (χ0v) is 8.89. The van der Waals surface area contributed by atoms with Crippen molar-refractivity contribution in [1.82, 2.24) is 5.32 Å². The second-order valence-electron chi connectivity index (χ2n) is 2.97. The molecular formula is C8H16N2O2S. The van der Waals surface area contributed by atoms with Crippen LogP contribution in [0.1, 0.15) is 13.8 Å². The van der Waals surface area contributed by atoms with E-state index in [9.17, 15) is 8.42 Å². The lowest BCUT2D eigenvalue weighted by Crippen LogP contribution is -2.27. The average Bonchev–Trinajstić information content (AvgIpc) is 2.12. The smallest absolute Gasteiger partial charge is 0.151 e. The van der Waals surface area contributed by atoms with Gasteiger partial charge in [-0.1, -0.05) is 6.92 Å². The number of sulfone groups is 1. The number of hydrogen-bond acceptors (Lipinski definition) is 4. The Morgan fingerprint density at radius 2 is 2.15 bits per heavy atom. The molecule has 5 heteroatoms. The summed E-state index contributed by atoms with van der Waals surface area (Å²) >= 11 is 0. The van der Waals surface area contributed by atoms with E-state index in [0.29, 0.717) is 13.1 Å². The van der Waals surface area contributed by atoms with Gasteiger partial charge in [0.1, 0.15) is 0 Å². The van der Waals surface area contributed by atoms with Crippen LogP contribution in [-0.4, -0.2) is 33.0 Å². The van der Waals surface area contributed by atoms with E-state index in [1.54, 1.807) is 13.8 Å². The van der Waals surface area contributed by atoms with Gasteiger partial charge >= 0.3 is 0 Å². The van der Waals surface area contributed by atoms with Gasteiger partial charge < -0.3 is 5.32 Å². The van der Waals surface area contributed by atoms with Crippen LogP contribution in [0.2, 0.25) is 0 Å². The summed E-state index contributed by atoms with van der Waals surface area (Å²) in [5, 5.41) is 11.4. The first kappa shape index (κ1) is 12.4. The molecule has 0 radical (unpaired) electrons. The van der Waals surface area contributed by atoms with Crippen LogP contribution >= 0.6 is 0 Å². The lowest BCUT2D eigenvalue weighted by atomic mass is 10.2. The predicted octanol–water partition coefficient (Wildman–Crippen LogP) is 0.170. The molecule has 1 atom stereocenters. The van der Waals surface area contributed by atoms with Crippen LogP contribution in [0.5, 0.6) is 0 Å². The molecule has 1 N–H and O–H groups in total. The summed E-state index contributed by atoms with van der Waals surface area (Å²) < 4.78 is 22.0. The highest BCUT2D eigenvalue weighted by Gasteiger charge is 2.06. The Labute approximate surface area is 79.9 Å². The molecule has 0 aliphatic heterocycles. The lowest BCUT2D eigenvalue weighted by Gasteiger charge is -2.05. The van der Waals surface area contributed by atoms with E-state index in [1.807, 2.05) is 0 Å². The molecule has 0 saturated heterocycles. The molecule has 1 unspecified atom stereocenters. The minimum absolute atomic E-state index is 0.0654. The van der Waals surface area contributed by atoms with E-state index in [1.165, 1.54) is 0 Å². The van der Waals surface area contributed by atoms with Crippen molar-refractivity contribution in [3.63, 3.8) is 0 Å². The first-order chi connectivity index (χ1) is 6.02. The maximum absolute atomic E-state index is 11.0. The maximum Gasteiger partial charge on any atom is 0.151 e. The van der Waals surface area contributed by atoms with E-state index in [2.05, 4.69) is 11.4 Å². The Morgan fingerprint density at radius 3 is 2.62 bits per heavy atom. The normalized spacial score (nSPS) is 13.6. The lowest BCUT2D eigenvalue weighted by molar-refractivity contribution is 0.583. The Balaban J connectivity index is 3.54. The summed E-state index contributed by atoms with van der Waals surface area (Å²) in [5.41, 5.74) is 0. The van der Waals surface area contributed by atoms with Crippen LogP contribution in [0.25, 0.3) is 0 Å². The molecule has 0 fully saturated rings. The van der Waals surface area contributed by atoms with E-state index >= 15 is 0 Å². The van der Waals surface area contributed by atoms with Crippen molar-refractivity contribution < 1.29 is 8.42 Å². The van der Waals surface area contributed by atoms with E-state index in [0.717, 1.165) is 0 Å². The van der Waals surface area contributed by atoms with Crippen molar-refractivity contribution in [2.24, 2.45) is 5.92 Å². The molecule has 0 aromatic heterocycles. The largest absolute Gasteiger partial charge is 0.314 e. The maximum atomic E-state index is 11.0. The third kappa shape index (κ3) is 6.55. The fourth-order valence-electron chi connectivity index (χ4n) is 0.736. The van der Waals surface area contributed by atoms with Crippen molar-refractivity contribution in [3.8, 4) is 6.07 Å². The molecule has 0 aromatic rings. The van der Waals surface area contributed by atoms with Crippen molar-refractivity contribution in [3.05, 3.63) is 0 Å². The molecule has 0 aromatic carbocycles. The summed E-state index contributed by atoms with van der Waals surface area (Å²) in [6, 6.07) is 2.06. The molecule has 0 aliphatic carbocycles. The molecule has 0 rings (SSSR count). The summed E-state index contributed by atoms with van der Waals surface area (Å²) in [7, 11) is -2.87. The fraction of sp³-hybridized carbons (Fsp3) is 0.875. The number of nitrogens with one attached hydrogen (secondary N) is 1. The number of rotatable bonds is 6. The molecule has 0 heterocycles. The van der Waals surface area contributed by atoms with E-state index < -0.39 is 9.84 Å². The van der Waals surface area contributed by atoms with Gasteiger partial charge in [-0.25, -0.2) is 8.42 Å². The molecule has 0 spiro atoms. The molecule has 4 nitrogen and oxygen atoms in total. The van der Waals surface area contributed by atoms with Crippen LogP contribution in [0.4, 0.5) is 0 Å². The highest BCUT2D eigenvalue weighted by molar-refractivity contribution is 7.91. The highest BCUT2D eigenvalue weighted by atomic mass is 32.2. The minimum Gasteiger partial charge on any atom is -0.314 e. The number of nitrogens with zero attached hydrogens (tertiary/aromatic N) is 1.